The Morgan fingerprint density at radius 2 is 1.57 bits per heavy atom. The van der Waals surface area contributed by atoms with Gasteiger partial charge in [0.15, 0.2) is 23.2 Å². The maximum atomic E-state index is 14.1. The molecule has 35 heavy (non-hydrogen) atoms. The largest absolute Gasteiger partial charge is 0.494 e. The number of nitrogens with one attached hydrogen (secondary N) is 2. The van der Waals surface area contributed by atoms with Crippen molar-refractivity contribution in [2.24, 2.45) is 0 Å². The second kappa shape index (κ2) is 9.55. The molecule has 5 rings (SSSR count). The molecule has 0 saturated carbocycles. The number of hydrogen-bond donors (Lipinski definition) is 2. The van der Waals surface area contributed by atoms with E-state index < -0.39 is 11.8 Å². The van der Waals surface area contributed by atoms with Crippen LogP contribution in [0.15, 0.2) is 67.4 Å². The molecule has 0 atom stereocenters. The van der Waals surface area contributed by atoms with Gasteiger partial charge in [-0.05, 0) is 30.3 Å². The molecule has 2 aromatic carbocycles. The van der Waals surface area contributed by atoms with Crippen molar-refractivity contribution in [2.75, 3.05) is 7.11 Å². The van der Waals surface area contributed by atoms with Crippen LogP contribution in [0.3, 0.4) is 0 Å². The van der Waals surface area contributed by atoms with E-state index in [1.54, 1.807) is 16.9 Å². The molecule has 2 N–H and O–H groups in total. The van der Waals surface area contributed by atoms with Crippen molar-refractivity contribution < 1.29 is 13.9 Å². The van der Waals surface area contributed by atoms with Crippen molar-refractivity contribution in [2.45, 2.75) is 13.1 Å². The maximum Gasteiger partial charge on any atom is 0.315 e. The Labute approximate surface area is 198 Å². The Hall–Kier alpha value is -4.87. The number of ether oxygens (including phenoxy) is 1. The van der Waals surface area contributed by atoms with Crippen molar-refractivity contribution in [3.05, 3.63) is 84.8 Å². The molecule has 0 bridgehead atoms. The molecule has 0 spiro atoms. The molecule has 0 fully saturated rings. The third-order valence-electron chi connectivity index (χ3n) is 5.26. The number of fused-ring (bicyclic) bond motifs is 1. The molecular formula is C23H20FN9O2. The number of methoxy groups -OCH3 is 1. The Morgan fingerprint density at radius 3 is 2.23 bits per heavy atom. The minimum absolute atomic E-state index is 0.0719. The lowest BCUT2D eigenvalue weighted by Gasteiger charge is -2.10. The lowest BCUT2D eigenvalue weighted by atomic mass is 10.2. The molecule has 12 heteroatoms. The summed E-state index contributed by atoms with van der Waals surface area (Å²) < 4.78 is 22.1. The number of urea groups is 1. The van der Waals surface area contributed by atoms with Crippen LogP contribution in [-0.4, -0.2) is 47.7 Å². The number of nitrogens with zero attached hydrogens (tertiary/aromatic N) is 7. The highest BCUT2D eigenvalue weighted by Crippen LogP contribution is 2.20. The van der Waals surface area contributed by atoms with Gasteiger partial charge in [0.2, 0.25) is 0 Å². The van der Waals surface area contributed by atoms with Crippen molar-refractivity contribution in [1.29, 1.82) is 0 Å². The molecule has 0 aliphatic carbocycles. The van der Waals surface area contributed by atoms with E-state index in [1.807, 2.05) is 30.3 Å². The molecule has 3 heterocycles. The topological polar surface area (TPSA) is 125 Å². The third kappa shape index (κ3) is 4.62. The van der Waals surface area contributed by atoms with E-state index in [9.17, 15) is 9.18 Å². The molecular weight excluding hydrogens is 453 g/mol. The maximum absolute atomic E-state index is 14.1. The number of aromatic nitrogens is 7. The van der Waals surface area contributed by atoms with E-state index >= 15 is 0 Å². The van der Waals surface area contributed by atoms with Gasteiger partial charge in [0, 0.05) is 17.6 Å². The van der Waals surface area contributed by atoms with Gasteiger partial charge in [0.25, 0.3) is 0 Å². The Balaban J connectivity index is 1.22. The molecule has 176 valence electrons. The molecule has 11 nitrogen and oxygen atoms in total. The van der Waals surface area contributed by atoms with Gasteiger partial charge in [-0.15, -0.1) is 0 Å². The standard InChI is InChI=1S/C23H20FN9O2/c1-35-20-7-6-16(9-18(20)24)32-21(28-13-30-32)11-26-23(34)27-12-22-29-14-31-33(22)17-5-4-15-3-2-8-25-19(15)10-17/h2-10,13-14H,11-12H2,1H3,(H2,26,27,34). The fraction of sp³-hybridized carbons (Fsp3) is 0.130. The minimum Gasteiger partial charge on any atom is -0.494 e. The molecule has 0 unspecified atom stereocenters. The first-order valence-corrected chi connectivity index (χ1v) is 10.6. The van der Waals surface area contributed by atoms with Crippen LogP contribution < -0.4 is 15.4 Å². The first-order chi connectivity index (χ1) is 17.1. The van der Waals surface area contributed by atoms with Crippen LogP contribution in [0.4, 0.5) is 9.18 Å². The fourth-order valence-corrected chi connectivity index (χ4v) is 3.56. The molecule has 0 aliphatic rings. The summed E-state index contributed by atoms with van der Waals surface area (Å²) in [5, 5.41) is 14.9. The first-order valence-electron chi connectivity index (χ1n) is 10.6. The van der Waals surface area contributed by atoms with Crippen molar-refractivity contribution >= 4 is 16.9 Å². The van der Waals surface area contributed by atoms with Crippen LogP contribution in [-0.2, 0) is 13.1 Å². The number of rotatable bonds is 7. The fourth-order valence-electron chi connectivity index (χ4n) is 3.56. The third-order valence-corrected chi connectivity index (χ3v) is 5.26. The Morgan fingerprint density at radius 1 is 0.914 bits per heavy atom. The number of benzene rings is 2. The Kier molecular flexibility index (Phi) is 5.99. The summed E-state index contributed by atoms with van der Waals surface area (Å²) in [5.74, 6) is 0.577. The second-order valence-corrected chi connectivity index (χ2v) is 7.41. The monoisotopic (exact) mass is 473 g/mol. The summed E-state index contributed by atoms with van der Waals surface area (Å²) in [7, 11) is 1.39. The summed E-state index contributed by atoms with van der Waals surface area (Å²) in [6.07, 6.45) is 4.48. The van der Waals surface area contributed by atoms with Gasteiger partial charge >= 0.3 is 6.03 Å². The van der Waals surface area contributed by atoms with Crippen LogP contribution in [0.5, 0.6) is 5.75 Å². The highest BCUT2D eigenvalue weighted by molar-refractivity contribution is 5.80. The number of amides is 2. The van der Waals surface area contributed by atoms with Gasteiger partial charge in [0.05, 0.1) is 37.1 Å². The molecule has 5 aromatic rings. The Bertz CT molecular complexity index is 1500. The lowest BCUT2D eigenvalue weighted by molar-refractivity contribution is 0.239. The van der Waals surface area contributed by atoms with Gasteiger partial charge in [0.1, 0.15) is 12.7 Å². The van der Waals surface area contributed by atoms with E-state index in [4.69, 9.17) is 4.74 Å². The normalized spacial score (nSPS) is 10.9. The van der Waals surface area contributed by atoms with Crippen LogP contribution in [0.25, 0.3) is 22.3 Å². The average molecular weight is 473 g/mol. The molecule has 2 amide bonds. The quantitative estimate of drug-likeness (QED) is 0.372. The number of halogens is 1. The van der Waals surface area contributed by atoms with Crippen molar-refractivity contribution in [3.8, 4) is 17.1 Å². The molecule has 3 aromatic heterocycles. The summed E-state index contributed by atoms with van der Waals surface area (Å²) in [6.45, 7) is 0.213. The molecule has 0 radical (unpaired) electrons. The van der Waals surface area contributed by atoms with Gasteiger partial charge < -0.3 is 15.4 Å². The SMILES string of the molecule is COc1ccc(-n2ncnc2CNC(=O)NCc2ncnn2-c2ccc3cccnc3c2)cc1F. The van der Waals surface area contributed by atoms with E-state index in [0.717, 1.165) is 16.6 Å². The summed E-state index contributed by atoms with van der Waals surface area (Å²) >= 11 is 0. The summed E-state index contributed by atoms with van der Waals surface area (Å²) in [6, 6.07) is 13.6. The van der Waals surface area contributed by atoms with Crippen molar-refractivity contribution in [1.82, 2.24) is 45.1 Å². The van der Waals surface area contributed by atoms with Gasteiger partial charge in [-0.3, -0.25) is 4.98 Å². The zero-order valence-corrected chi connectivity index (χ0v) is 18.6. The van der Waals surface area contributed by atoms with E-state index in [2.05, 4.69) is 35.8 Å². The van der Waals surface area contributed by atoms with Crippen LogP contribution in [0, 0.1) is 5.82 Å². The van der Waals surface area contributed by atoms with E-state index in [1.165, 1.54) is 36.6 Å². The zero-order chi connectivity index (χ0) is 24.2. The predicted octanol–water partition coefficient (Wildman–Crippen LogP) is 2.54. The lowest BCUT2D eigenvalue weighted by Crippen LogP contribution is -2.36. The van der Waals surface area contributed by atoms with Crippen LogP contribution in [0.2, 0.25) is 0 Å². The number of carbonyl (C=O) groups is 1. The number of hydrogen-bond acceptors (Lipinski definition) is 7. The minimum atomic E-state index is -0.525. The number of carbonyl (C=O) groups excluding carboxylic acids is 1. The summed E-state index contributed by atoms with van der Waals surface area (Å²) in [5.41, 5.74) is 2.07. The van der Waals surface area contributed by atoms with Crippen LogP contribution in [0.1, 0.15) is 11.6 Å². The highest BCUT2D eigenvalue weighted by Gasteiger charge is 2.13. The molecule has 0 saturated heterocycles. The second-order valence-electron chi connectivity index (χ2n) is 7.41. The van der Waals surface area contributed by atoms with Gasteiger partial charge in [-0.2, -0.15) is 10.2 Å². The van der Waals surface area contributed by atoms with Gasteiger partial charge in [-0.1, -0.05) is 12.1 Å². The van der Waals surface area contributed by atoms with E-state index in [-0.39, 0.29) is 18.8 Å². The van der Waals surface area contributed by atoms with Crippen molar-refractivity contribution in [3.63, 3.8) is 0 Å². The molecule has 0 aliphatic heterocycles. The number of pyridine rings is 1. The predicted molar refractivity (Wildman–Crippen MR) is 124 cm³/mol. The smallest absolute Gasteiger partial charge is 0.315 e. The highest BCUT2D eigenvalue weighted by atomic mass is 19.1. The summed E-state index contributed by atoms with van der Waals surface area (Å²) in [4.78, 5) is 25.2. The first kappa shape index (κ1) is 21.9. The zero-order valence-electron chi connectivity index (χ0n) is 18.6. The van der Waals surface area contributed by atoms with E-state index in [0.29, 0.717) is 17.3 Å². The van der Waals surface area contributed by atoms with Gasteiger partial charge in [-0.25, -0.2) is 28.5 Å². The average Bonchev–Trinajstić information content (AvgIpc) is 3.55. The van der Waals surface area contributed by atoms with Crippen LogP contribution >= 0.6 is 0 Å².